The lowest BCUT2D eigenvalue weighted by molar-refractivity contribution is -0.151. The SMILES string of the molecule is C[C@]12CN(Cc3cccc(Br)c3)C[C@](C)(CN(C(=O)CN3CCC[C@H](NS(=O)(=O)c4ccc5cc(Br)ccc5c4)C3=O)C1)C2. The molecule has 3 heterocycles. The Morgan fingerprint density at radius 3 is 2.34 bits per heavy atom. The van der Waals surface area contributed by atoms with Crippen molar-refractivity contribution >= 4 is 64.5 Å². The van der Waals surface area contributed by atoms with Gasteiger partial charge in [0.2, 0.25) is 21.8 Å². The number of hydrogen-bond acceptors (Lipinski definition) is 5. The summed E-state index contributed by atoms with van der Waals surface area (Å²) in [5, 5.41) is 1.71. The smallest absolute Gasteiger partial charge is 0.242 e. The van der Waals surface area contributed by atoms with Crippen LogP contribution in [0, 0.1) is 10.8 Å². The number of carbonyl (C=O) groups excluding carboxylic acids is 2. The number of nitrogens with zero attached hydrogens (tertiary/aromatic N) is 3. The van der Waals surface area contributed by atoms with Crippen LogP contribution in [0.5, 0.6) is 0 Å². The third-order valence-corrected chi connectivity index (χ3v) is 11.6. The lowest BCUT2D eigenvalue weighted by atomic mass is 9.65. The van der Waals surface area contributed by atoms with Crippen molar-refractivity contribution < 1.29 is 18.0 Å². The maximum Gasteiger partial charge on any atom is 0.242 e. The molecule has 0 saturated carbocycles. The summed E-state index contributed by atoms with van der Waals surface area (Å²) in [6.45, 7) is 8.90. The molecule has 2 bridgehead atoms. The number of hydrogen-bond donors (Lipinski definition) is 1. The average Bonchev–Trinajstić information content (AvgIpc) is 2.93. The molecule has 0 radical (unpaired) electrons. The number of carbonyl (C=O) groups is 2. The number of benzene rings is 3. The molecule has 11 heteroatoms. The van der Waals surface area contributed by atoms with Crippen molar-refractivity contribution in [2.45, 2.75) is 50.6 Å². The van der Waals surface area contributed by atoms with Crippen LogP contribution >= 0.6 is 31.9 Å². The fraction of sp³-hybridized carbons (Fsp3) is 0.455. The van der Waals surface area contributed by atoms with Gasteiger partial charge >= 0.3 is 0 Å². The van der Waals surface area contributed by atoms with Gasteiger partial charge in [-0.05, 0) is 82.8 Å². The second kappa shape index (κ2) is 12.1. The molecule has 3 aliphatic heterocycles. The van der Waals surface area contributed by atoms with Crippen molar-refractivity contribution in [3.8, 4) is 0 Å². The molecular weight excluding hydrogens is 708 g/mol. The maximum absolute atomic E-state index is 13.7. The molecule has 0 aromatic heterocycles. The summed E-state index contributed by atoms with van der Waals surface area (Å²) in [5.41, 5.74) is 1.17. The van der Waals surface area contributed by atoms with E-state index >= 15 is 0 Å². The quantitative estimate of drug-likeness (QED) is 0.351. The van der Waals surface area contributed by atoms with Gasteiger partial charge in [-0.2, -0.15) is 4.72 Å². The Morgan fingerprint density at radius 1 is 0.932 bits per heavy atom. The van der Waals surface area contributed by atoms with Crippen LogP contribution in [0.1, 0.15) is 38.7 Å². The summed E-state index contributed by atoms with van der Waals surface area (Å²) in [7, 11) is -3.94. The van der Waals surface area contributed by atoms with Crippen LogP contribution in [0.4, 0.5) is 0 Å². The van der Waals surface area contributed by atoms with E-state index in [1.54, 1.807) is 18.2 Å². The van der Waals surface area contributed by atoms with Gasteiger partial charge in [-0.15, -0.1) is 0 Å². The van der Waals surface area contributed by atoms with Crippen LogP contribution in [0.3, 0.4) is 0 Å². The first-order valence-corrected chi connectivity index (χ1v) is 18.1. The Bertz CT molecular complexity index is 1700. The fourth-order valence-electron chi connectivity index (χ4n) is 7.74. The van der Waals surface area contributed by atoms with Crippen molar-refractivity contribution in [2.24, 2.45) is 10.8 Å². The molecule has 0 aliphatic carbocycles. The fourth-order valence-corrected chi connectivity index (χ4v) is 9.82. The van der Waals surface area contributed by atoms with Gasteiger partial charge in [0.25, 0.3) is 0 Å². The van der Waals surface area contributed by atoms with Crippen LogP contribution in [0.15, 0.2) is 74.5 Å². The number of fused-ring (bicyclic) bond motifs is 3. The van der Waals surface area contributed by atoms with Crippen LogP contribution in [-0.4, -0.2) is 80.2 Å². The van der Waals surface area contributed by atoms with Gasteiger partial charge in [0, 0.05) is 48.2 Å². The van der Waals surface area contributed by atoms with Crippen LogP contribution < -0.4 is 4.72 Å². The van der Waals surface area contributed by atoms with Crippen molar-refractivity contribution in [2.75, 3.05) is 39.3 Å². The largest absolute Gasteiger partial charge is 0.340 e. The molecule has 2 amide bonds. The molecule has 1 N–H and O–H groups in total. The first kappa shape index (κ1) is 31.7. The Hall–Kier alpha value is -2.31. The molecule has 3 saturated heterocycles. The molecule has 234 valence electrons. The second-order valence-corrected chi connectivity index (χ2v) is 17.1. The molecule has 3 aliphatic rings. The Kier molecular flexibility index (Phi) is 8.73. The van der Waals surface area contributed by atoms with Crippen LogP contribution in [-0.2, 0) is 26.2 Å². The van der Waals surface area contributed by atoms with Gasteiger partial charge < -0.3 is 9.80 Å². The zero-order valence-electron chi connectivity index (χ0n) is 25.1. The van der Waals surface area contributed by atoms with Crippen molar-refractivity contribution in [1.29, 1.82) is 0 Å². The van der Waals surface area contributed by atoms with Crippen molar-refractivity contribution in [3.05, 3.63) is 75.2 Å². The molecule has 3 aromatic rings. The van der Waals surface area contributed by atoms with E-state index in [0.29, 0.717) is 32.5 Å². The minimum atomic E-state index is -3.94. The van der Waals surface area contributed by atoms with Crippen molar-refractivity contribution in [3.63, 3.8) is 0 Å². The average molecular weight is 747 g/mol. The van der Waals surface area contributed by atoms with E-state index in [0.717, 1.165) is 45.8 Å². The molecular formula is C33H38Br2N4O4S. The molecule has 44 heavy (non-hydrogen) atoms. The van der Waals surface area contributed by atoms with Crippen molar-refractivity contribution in [1.82, 2.24) is 19.4 Å². The van der Waals surface area contributed by atoms with Crippen LogP contribution in [0.25, 0.3) is 10.8 Å². The highest BCUT2D eigenvalue weighted by Crippen LogP contribution is 2.46. The molecule has 8 nitrogen and oxygen atoms in total. The van der Waals surface area contributed by atoms with E-state index in [1.807, 2.05) is 29.2 Å². The number of piperidine rings is 3. The lowest BCUT2D eigenvalue weighted by Crippen LogP contribution is -2.64. The topological polar surface area (TPSA) is 90.0 Å². The number of sulfonamides is 1. The van der Waals surface area contributed by atoms with Gasteiger partial charge in [-0.1, -0.05) is 70.0 Å². The van der Waals surface area contributed by atoms with E-state index in [-0.39, 0.29) is 34.1 Å². The van der Waals surface area contributed by atoms with E-state index < -0.39 is 16.1 Å². The van der Waals surface area contributed by atoms with Crippen LogP contribution in [0.2, 0.25) is 0 Å². The van der Waals surface area contributed by atoms with E-state index in [9.17, 15) is 18.0 Å². The highest BCUT2D eigenvalue weighted by molar-refractivity contribution is 9.10. The highest BCUT2D eigenvalue weighted by Gasteiger charge is 2.49. The zero-order valence-corrected chi connectivity index (χ0v) is 29.0. The molecule has 3 atom stereocenters. The summed E-state index contributed by atoms with van der Waals surface area (Å²) in [6, 6.07) is 18.1. The summed E-state index contributed by atoms with van der Waals surface area (Å²) in [6.07, 6.45) is 2.08. The number of amides is 2. The van der Waals surface area contributed by atoms with E-state index in [1.165, 1.54) is 10.5 Å². The predicted octanol–water partition coefficient (Wildman–Crippen LogP) is 5.39. The number of likely N-dealkylation sites (tertiary alicyclic amines) is 3. The van der Waals surface area contributed by atoms with Gasteiger partial charge in [0.15, 0.2) is 0 Å². The molecule has 3 fully saturated rings. The predicted molar refractivity (Wildman–Crippen MR) is 178 cm³/mol. The third-order valence-electron chi connectivity index (χ3n) is 9.10. The maximum atomic E-state index is 13.7. The summed E-state index contributed by atoms with van der Waals surface area (Å²) in [4.78, 5) is 33.2. The second-order valence-electron chi connectivity index (χ2n) is 13.6. The number of halogens is 2. The van der Waals surface area contributed by atoms with Gasteiger partial charge in [-0.25, -0.2) is 8.42 Å². The molecule has 0 unspecified atom stereocenters. The summed E-state index contributed by atoms with van der Waals surface area (Å²) < 4.78 is 31.2. The molecule has 0 spiro atoms. The standard InChI is InChI=1S/C33H38Br2N4O4S/c1-32-18-33(2,20-37(19-32)16-23-5-3-6-26(34)13-23)22-39(21-32)30(40)17-38-12-4-7-29(31(38)41)36-44(42,43)28-11-9-24-14-27(35)10-8-25(24)15-28/h3,5-6,8-11,13-15,29,36H,4,7,12,16-22H2,1-2H3/t29-,32-,33+/m0/s1. The van der Waals surface area contributed by atoms with Gasteiger partial charge in [-0.3, -0.25) is 14.5 Å². The van der Waals surface area contributed by atoms with E-state index in [2.05, 4.69) is 73.5 Å². The Labute approximate surface area is 276 Å². The number of rotatable bonds is 7. The first-order valence-electron chi connectivity index (χ1n) is 15.1. The lowest BCUT2D eigenvalue weighted by Gasteiger charge is -2.57. The summed E-state index contributed by atoms with van der Waals surface area (Å²) >= 11 is 7.02. The number of nitrogens with one attached hydrogen (secondary N) is 1. The van der Waals surface area contributed by atoms with Gasteiger partial charge in [0.05, 0.1) is 11.4 Å². The van der Waals surface area contributed by atoms with E-state index in [4.69, 9.17) is 0 Å². The Balaban J connectivity index is 1.09. The minimum absolute atomic E-state index is 0.0319. The zero-order chi connectivity index (χ0) is 31.3. The normalized spacial score (nSPS) is 26.3. The highest BCUT2D eigenvalue weighted by atomic mass is 79.9. The first-order chi connectivity index (χ1) is 20.8. The minimum Gasteiger partial charge on any atom is -0.340 e. The third kappa shape index (κ3) is 6.92. The monoisotopic (exact) mass is 744 g/mol. The molecule has 6 rings (SSSR count). The summed E-state index contributed by atoms with van der Waals surface area (Å²) in [5.74, 6) is -0.409. The van der Waals surface area contributed by atoms with Gasteiger partial charge in [0.1, 0.15) is 6.04 Å². The molecule has 3 aromatic carbocycles. The Morgan fingerprint density at radius 2 is 1.61 bits per heavy atom.